The lowest BCUT2D eigenvalue weighted by Crippen LogP contribution is -2.26. The Morgan fingerprint density at radius 1 is 1.50 bits per heavy atom. The Morgan fingerprint density at radius 3 is 2.42 bits per heavy atom. The van der Waals surface area contributed by atoms with Gasteiger partial charge < -0.3 is 4.74 Å². The molecule has 2 atom stereocenters. The Labute approximate surface area is 71.8 Å². The fourth-order valence-corrected chi connectivity index (χ4v) is 2.89. The zero-order chi connectivity index (χ0) is 9.35. The van der Waals surface area contributed by atoms with Gasteiger partial charge in [0.05, 0.1) is 11.0 Å². The van der Waals surface area contributed by atoms with Crippen molar-refractivity contribution < 1.29 is 17.9 Å². The molecule has 0 bridgehead atoms. The molecule has 0 saturated carbocycles. The molecular formula is C7H12O4S. The summed E-state index contributed by atoms with van der Waals surface area (Å²) in [7, 11) is -3.00. The molecule has 0 aliphatic carbocycles. The van der Waals surface area contributed by atoms with Gasteiger partial charge in [0.15, 0.2) is 9.84 Å². The molecular weight excluding hydrogens is 180 g/mol. The van der Waals surface area contributed by atoms with Crippen molar-refractivity contribution in [2.24, 2.45) is 0 Å². The van der Waals surface area contributed by atoms with Gasteiger partial charge in [-0.05, 0) is 13.3 Å². The molecule has 0 aromatic rings. The van der Waals surface area contributed by atoms with Gasteiger partial charge in [-0.1, -0.05) is 0 Å². The molecule has 0 unspecified atom stereocenters. The first-order valence-corrected chi connectivity index (χ1v) is 5.54. The topological polar surface area (TPSA) is 60.4 Å². The van der Waals surface area contributed by atoms with E-state index in [1.165, 1.54) is 6.92 Å². The van der Waals surface area contributed by atoms with Crippen LogP contribution in [0.4, 0.5) is 0 Å². The fourth-order valence-electron chi connectivity index (χ4n) is 1.30. The van der Waals surface area contributed by atoms with Crippen LogP contribution in [0.3, 0.4) is 0 Å². The van der Waals surface area contributed by atoms with Crippen LogP contribution in [0.5, 0.6) is 0 Å². The summed E-state index contributed by atoms with van der Waals surface area (Å²) in [5.74, 6) is -0.282. The van der Waals surface area contributed by atoms with Gasteiger partial charge in [-0.15, -0.1) is 0 Å². The second-order valence-electron chi connectivity index (χ2n) is 3.01. The molecule has 0 N–H and O–H groups in total. The Morgan fingerprint density at radius 2 is 2.08 bits per heavy atom. The van der Waals surface area contributed by atoms with E-state index in [-0.39, 0.29) is 5.75 Å². The van der Waals surface area contributed by atoms with E-state index in [0.717, 1.165) is 0 Å². The number of rotatable bonds is 1. The normalized spacial score (nSPS) is 33.2. The quantitative estimate of drug-likeness (QED) is 0.554. The van der Waals surface area contributed by atoms with Crippen LogP contribution < -0.4 is 0 Å². The smallest absolute Gasteiger partial charge is 0.302 e. The van der Waals surface area contributed by atoms with Crippen LogP contribution >= 0.6 is 0 Å². The number of carbonyl (C=O) groups excluding carboxylic acids is 1. The first-order valence-electron chi connectivity index (χ1n) is 3.82. The van der Waals surface area contributed by atoms with Crippen molar-refractivity contribution in [3.8, 4) is 0 Å². The van der Waals surface area contributed by atoms with Crippen LogP contribution in [-0.2, 0) is 19.4 Å². The minimum Gasteiger partial charge on any atom is -0.461 e. The van der Waals surface area contributed by atoms with Gasteiger partial charge in [0.25, 0.3) is 0 Å². The zero-order valence-electron chi connectivity index (χ0n) is 7.11. The van der Waals surface area contributed by atoms with Crippen LogP contribution in [-0.4, -0.2) is 31.5 Å². The summed E-state index contributed by atoms with van der Waals surface area (Å²) >= 11 is 0. The van der Waals surface area contributed by atoms with Crippen molar-refractivity contribution in [2.45, 2.75) is 31.6 Å². The third-order valence-electron chi connectivity index (χ3n) is 2.09. The van der Waals surface area contributed by atoms with Gasteiger partial charge in [-0.2, -0.15) is 0 Å². The molecule has 1 saturated heterocycles. The number of hydrogen-bond acceptors (Lipinski definition) is 4. The highest BCUT2D eigenvalue weighted by atomic mass is 32.2. The minimum absolute atomic E-state index is 0.131. The summed E-state index contributed by atoms with van der Waals surface area (Å²) in [5.41, 5.74) is 0. The van der Waals surface area contributed by atoms with Crippen molar-refractivity contribution in [3.05, 3.63) is 0 Å². The van der Waals surface area contributed by atoms with Crippen LogP contribution in [0.25, 0.3) is 0 Å². The van der Waals surface area contributed by atoms with E-state index in [9.17, 15) is 13.2 Å². The van der Waals surface area contributed by atoms with Crippen LogP contribution in [0.1, 0.15) is 20.3 Å². The lowest BCUT2D eigenvalue weighted by atomic mass is 10.2. The molecule has 1 heterocycles. The summed E-state index contributed by atoms with van der Waals surface area (Å²) in [4.78, 5) is 10.5. The second-order valence-corrected chi connectivity index (χ2v) is 5.49. The molecule has 70 valence electrons. The van der Waals surface area contributed by atoms with Crippen molar-refractivity contribution in [1.29, 1.82) is 0 Å². The predicted octanol–water partition coefficient (Wildman–Crippen LogP) is 0.125. The van der Waals surface area contributed by atoms with E-state index in [1.807, 2.05) is 0 Å². The van der Waals surface area contributed by atoms with Crippen molar-refractivity contribution in [3.63, 3.8) is 0 Å². The Kier molecular flexibility index (Phi) is 2.41. The van der Waals surface area contributed by atoms with Gasteiger partial charge in [-0.3, -0.25) is 4.79 Å². The highest BCUT2D eigenvalue weighted by molar-refractivity contribution is 7.92. The molecule has 4 nitrogen and oxygen atoms in total. The number of hydrogen-bond donors (Lipinski definition) is 0. The predicted molar refractivity (Wildman–Crippen MR) is 43.4 cm³/mol. The Hall–Kier alpha value is -0.580. The van der Waals surface area contributed by atoms with Crippen LogP contribution in [0.15, 0.2) is 0 Å². The largest absolute Gasteiger partial charge is 0.461 e. The van der Waals surface area contributed by atoms with Gasteiger partial charge in [0.1, 0.15) is 6.10 Å². The number of sulfone groups is 1. The van der Waals surface area contributed by atoms with Gasteiger partial charge >= 0.3 is 5.97 Å². The third-order valence-corrected chi connectivity index (χ3v) is 4.34. The first kappa shape index (κ1) is 9.51. The standard InChI is InChI=1S/C7H12O4S/c1-5-7(11-6(2)8)3-4-12(5,9)10/h5,7H,3-4H2,1-2H3/t5-,7-/m0/s1. The first-order chi connectivity index (χ1) is 5.43. The van der Waals surface area contributed by atoms with Crippen molar-refractivity contribution >= 4 is 15.8 Å². The highest BCUT2D eigenvalue weighted by Crippen LogP contribution is 2.22. The summed E-state index contributed by atoms with van der Waals surface area (Å²) in [6.07, 6.45) is -0.00389. The van der Waals surface area contributed by atoms with E-state index in [0.29, 0.717) is 6.42 Å². The molecule has 1 rings (SSSR count). The number of esters is 1. The van der Waals surface area contributed by atoms with Crippen LogP contribution in [0.2, 0.25) is 0 Å². The molecule has 0 aromatic carbocycles. The minimum atomic E-state index is -3.00. The average Bonchev–Trinajstić information content (AvgIpc) is 2.15. The van der Waals surface area contributed by atoms with Crippen LogP contribution in [0, 0.1) is 0 Å². The molecule has 5 heteroatoms. The van der Waals surface area contributed by atoms with E-state index in [4.69, 9.17) is 4.74 Å². The van der Waals surface area contributed by atoms with Crippen molar-refractivity contribution in [1.82, 2.24) is 0 Å². The van der Waals surface area contributed by atoms with E-state index in [1.54, 1.807) is 6.92 Å². The third kappa shape index (κ3) is 1.77. The number of ether oxygens (including phenoxy) is 1. The zero-order valence-corrected chi connectivity index (χ0v) is 7.93. The summed E-state index contributed by atoms with van der Waals surface area (Å²) in [6, 6.07) is 0. The average molecular weight is 192 g/mol. The van der Waals surface area contributed by atoms with E-state index >= 15 is 0 Å². The Bertz CT molecular complexity index is 280. The summed E-state index contributed by atoms with van der Waals surface area (Å²) < 4.78 is 27.2. The molecule has 0 spiro atoms. The summed E-state index contributed by atoms with van der Waals surface area (Å²) in [6.45, 7) is 2.87. The molecule has 0 aromatic heterocycles. The van der Waals surface area contributed by atoms with E-state index < -0.39 is 27.2 Å². The maximum atomic E-state index is 11.2. The van der Waals surface area contributed by atoms with Crippen molar-refractivity contribution in [2.75, 3.05) is 5.75 Å². The SMILES string of the molecule is CC(=O)O[C@H]1CCS(=O)(=O)[C@H]1C. The maximum absolute atomic E-state index is 11.2. The molecule has 0 amide bonds. The fraction of sp³-hybridized carbons (Fsp3) is 0.857. The lowest BCUT2D eigenvalue weighted by molar-refractivity contribution is -0.145. The maximum Gasteiger partial charge on any atom is 0.302 e. The molecule has 1 aliphatic heterocycles. The highest BCUT2D eigenvalue weighted by Gasteiger charge is 2.38. The van der Waals surface area contributed by atoms with Gasteiger partial charge in [0, 0.05) is 6.92 Å². The molecule has 12 heavy (non-hydrogen) atoms. The molecule has 1 fully saturated rings. The van der Waals surface area contributed by atoms with Gasteiger partial charge in [-0.25, -0.2) is 8.42 Å². The Balaban J connectivity index is 2.68. The summed E-state index contributed by atoms with van der Waals surface area (Å²) in [5, 5.41) is -0.540. The molecule has 1 aliphatic rings. The monoisotopic (exact) mass is 192 g/mol. The second kappa shape index (κ2) is 3.05. The molecule has 0 radical (unpaired) electrons. The lowest BCUT2D eigenvalue weighted by Gasteiger charge is -2.13. The van der Waals surface area contributed by atoms with E-state index in [2.05, 4.69) is 0 Å². The van der Waals surface area contributed by atoms with Gasteiger partial charge in [0.2, 0.25) is 0 Å². The number of carbonyl (C=O) groups is 1.